The van der Waals surface area contributed by atoms with Crippen molar-refractivity contribution in [3.8, 4) is 0 Å². The van der Waals surface area contributed by atoms with Gasteiger partial charge >= 0.3 is 0 Å². The first-order valence-electron chi connectivity index (χ1n) is 12.7. The number of carbonyl (C=O) groups is 4. The van der Waals surface area contributed by atoms with E-state index in [2.05, 4.69) is 24.1 Å². The van der Waals surface area contributed by atoms with Crippen LogP contribution in [-0.2, 0) is 20.8 Å². The first-order chi connectivity index (χ1) is 17.3. The van der Waals surface area contributed by atoms with Crippen molar-refractivity contribution in [3.05, 3.63) is 65.5 Å². The molecule has 4 rings (SSSR count). The normalized spacial score (nSPS) is 19.0. The monoisotopic (exact) mass is 490 g/mol. The summed E-state index contributed by atoms with van der Waals surface area (Å²) in [6.45, 7) is 5.25. The van der Waals surface area contributed by atoms with Crippen LogP contribution in [0.3, 0.4) is 0 Å². The van der Waals surface area contributed by atoms with Gasteiger partial charge in [-0.1, -0.05) is 32.0 Å². The molecule has 3 amide bonds. The summed E-state index contributed by atoms with van der Waals surface area (Å²) in [4.78, 5) is 58.1. The lowest BCUT2D eigenvalue weighted by Gasteiger charge is -2.24. The van der Waals surface area contributed by atoms with E-state index in [1.165, 1.54) is 5.56 Å². The van der Waals surface area contributed by atoms with Crippen molar-refractivity contribution in [2.45, 2.75) is 64.0 Å². The summed E-state index contributed by atoms with van der Waals surface area (Å²) in [5.74, 6) is 0.0638. The molecule has 2 unspecified atom stereocenters. The Morgan fingerprint density at radius 1 is 1.06 bits per heavy atom. The van der Waals surface area contributed by atoms with Gasteiger partial charge in [-0.3, -0.25) is 24.2 Å². The van der Waals surface area contributed by atoms with Crippen LogP contribution in [0.4, 0.5) is 0 Å². The highest BCUT2D eigenvalue weighted by molar-refractivity contribution is 5.98. The topological polar surface area (TPSA) is 99.7 Å². The summed E-state index contributed by atoms with van der Waals surface area (Å²) in [7, 11) is 0. The third-order valence-electron chi connectivity index (χ3n) is 7.08. The third kappa shape index (κ3) is 5.80. The van der Waals surface area contributed by atoms with Crippen LogP contribution in [0.1, 0.15) is 66.9 Å². The Balaban J connectivity index is 1.21. The molecule has 2 aromatic rings. The molecule has 36 heavy (non-hydrogen) atoms. The maximum absolute atomic E-state index is 12.9. The van der Waals surface area contributed by atoms with E-state index in [9.17, 15) is 19.2 Å². The number of pyridine rings is 1. The third-order valence-corrected chi connectivity index (χ3v) is 7.08. The molecule has 8 heteroatoms. The molecule has 0 radical (unpaired) electrons. The Kier molecular flexibility index (Phi) is 8.13. The molecule has 0 aliphatic carbocycles. The van der Waals surface area contributed by atoms with Crippen molar-refractivity contribution in [1.82, 2.24) is 20.1 Å². The standard InChI is InChI=1S/C28H34N4O4/c1-19(2)21-8-10-22(11-9-21)28(36)30-14-4-3-7-25(34)31-15-12-23-27(31)24(33)18-32(23)26(35)16-20-6-5-13-29-17-20/h5-6,8-11,13,17,19,23,27H,3-4,7,12,14-16,18H2,1-2H3,(H,30,36). The number of ketones is 1. The van der Waals surface area contributed by atoms with E-state index in [1.807, 2.05) is 30.3 Å². The molecular formula is C28H34N4O4. The van der Waals surface area contributed by atoms with Crippen LogP contribution in [0.2, 0.25) is 0 Å². The number of fused-ring (bicyclic) bond motifs is 1. The van der Waals surface area contributed by atoms with E-state index >= 15 is 0 Å². The quantitative estimate of drug-likeness (QED) is 0.545. The fraction of sp³-hybridized carbons (Fsp3) is 0.464. The molecule has 8 nitrogen and oxygen atoms in total. The average molecular weight is 491 g/mol. The van der Waals surface area contributed by atoms with Crippen LogP contribution in [-0.4, -0.2) is 70.0 Å². The Hall–Kier alpha value is -3.55. The minimum atomic E-state index is -0.538. The lowest BCUT2D eigenvalue weighted by molar-refractivity contribution is -0.136. The number of hydrogen-bond donors (Lipinski definition) is 1. The van der Waals surface area contributed by atoms with E-state index in [-0.39, 0.29) is 42.5 Å². The van der Waals surface area contributed by atoms with Crippen LogP contribution < -0.4 is 5.32 Å². The maximum Gasteiger partial charge on any atom is 0.251 e. The van der Waals surface area contributed by atoms with Gasteiger partial charge in [-0.2, -0.15) is 0 Å². The Morgan fingerprint density at radius 3 is 2.53 bits per heavy atom. The molecule has 2 fully saturated rings. The van der Waals surface area contributed by atoms with Crippen molar-refractivity contribution in [2.75, 3.05) is 19.6 Å². The van der Waals surface area contributed by atoms with Crippen molar-refractivity contribution in [1.29, 1.82) is 0 Å². The van der Waals surface area contributed by atoms with E-state index in [0.717, 1.165) is 5.56 Å². The molecule has 1 aromatic heterocycles. The molecule has 2 atom stereocenters. The Morgan fingerprint density at radius 2 is 1.83 bits per heavy atom. The highest BCUT2D eigenvalue weighted by Gasteiger charge is 2.50. The number of carbonyl (C=O) groups excluding carboxylic acids is 4. The summed E-state index contributed by atoms with van der Waals surface area (Å²) in [6, 6.07) is 10.5. The first-order valence-corrected chi connectivity index (χ1v) is 12.7. The molecule has 0 spiro atoms. The van der Waals surface area contributed by atoms with Gasteiger partial charge in [-0.25, -0.2) is 0 Å². The van der Waals surface area contributed by atoms with E-state index < -0.39 is 6.04 Å². The van der Waals surface area contributed by atoms with Crippen molar-refractivity contribution in [3.63, 3.8) is 0 Å². The minimum absolute atomic E-state index is 0.0579. The molecule has 1 aromatic carbocycles. The van der Waals surface area contributed by atoms with Gasteiger partial charge in [-0.15, -0.1) is 0 Å². The lowest BCUT2D eigenvalue weighted by atomic mass is 10.0. The van der Waals surface area contributed by atoms with E-state index in [4.69, 9.17) is 0 Å². The molecule has 190 valence electrons. The zero-order chi connectivity index (χ0) is 25.7. The van der Waals surface area contributed by atoms with Crippen LogP contribution in [0.25, 0.3) is 0 Å². The zero-order valence-electron chi connectivity index (χ0n) is 21.0. The van der Waals surface area contributed by atoms with E-state index in [1.54, 1.807) is 28.3 Å². The molecule has 1 N–H and O–H groups in total. The largest absolute Gasteiger partial charge is 0.352 e. The number of amides is 3. The highest BCUT2D eigenvalue weighted by Crippen LogP contribution is 2.31. The van der Waals surface area contributed by atoms with Gasteiger partial charge in [0.1, 0.15) is 6.04 Å². The van der Waals surface area contributed by atoms with Crippen LogP contribution in [0.15, 0.2) is 48.8 Å². The number of nitrogens with zero attached hydrogens (tertiary/aromatic N) is 3. The van der Waals surface area contributed by atoms with E-state index in [0.29, 0.717) is 50.3 Å². The minimum Gasteiger partial charge on any atom is -0.352 e. The number of benzene rings is 1. The predicted molar refractivity (Wildman–Crippen MR) is 135 cm³/mol. The number of Topliss-reactive ketones (excluding diaryl/α,β-unsaturated/α-hetero) is 1. The number of nitrogens with one attached hydrogen (secondary N) is 1. The maximum atomic E-state index is 12.9. The fourth-order valence-electron chi connectivity index (χ4n) is 5.07. The number of likely N-dealkylation sites (tertiary alicyclic amines) is 2. The summed E-state index contributed by atoms with van der Waals surface area (Å²) < 4.78 is 0. The highest BCUT2D eigenvalue weighted by atomic mass is 16.2. The van der Waals surface area contributed by atoms with Crippen molar-refractivity contribution in [2.24, 2.45) is 0 Å². The van der Waals surface area contributed by atoms with Crippen LogP contribution >= 0.6 is 0 Å². The zero-order valence-corrected chi connectivity index (χ0v) is 21.0. The Bertz CT molecular complexity index is 1100. The Labute approximate surface area is 212 Å². The van der Waals surface area contributed by atoms with Gasteiger partial charge in [0.05, 0.1) is 19.0 Å². The van der Waals surface area contributed by atoms with Crippen molar-refractivity contribution >= 4 is 23.5 Å². The summed E-state index contributed by atoms with van der Waals surface area (Å²) >= 11 is 0. The smallest absolute Gasteiger partial charge is 0.251 e. The number of unbranched alkanes of at least 4 members (excludes halogenated alkanes) is 1. The molecule has 2 aliphatic heterocycles. The number of rotatable bonds is 9. The molecule has 0 saturated carbocycles. The predicted octanol–water partition coefficient (Wildman–Crippen LogP) is 2.73. The molecule has 0 bridgehead atoms. The summed E-state index contributed by atoms with van der Waals surface area (Å²) in [5, 5.41) is 2.91. The average Bonchev–Trinajstić information content (AvgIpc) is 3.45. The lowest BCUT2D eigenvalue weighted by Crippen LogP contribution is -2.43. The summed E-state index contributed by atoms with van der Waals surface area (Å²) in [5.41, 5.74) is 2.63. The molecule has 2 saturated heterocycles. The van der Waals surface area contributed by atoms with Gasteiger partial charge in [0.15, 0.2) is 5.78 Å². The van der Waals surface area contributed by atoms with Gasteiger partial charge in [0.2, 0.25) is 11.8 Å². The second-order valence-electron chi connectivity index (χ2n) is 9.90. The molecule has 3 heterocycles. The summed E-state index contributed by atoms with van der Waals surface area (Å²) in [6.07, 6.45) is 5.74. The first kappa shape index (κ1) is 25.5. The second-order valence-corrected chi connectivity index (χ2v) is 9.90. The SMILES string of the molecule is CC(C)c1ccc(C(=O)NCCCCC(=O)N2CCC3C2C(=O)CN3C(=O)Cc2cccnc2)cc1. The van der Waals surface area contributed by atoms with Gasteiger partial charge in [-0.05, 0) is 54.5 Å². The molecular weight excluding hydrogens is 456 g/mol. The number of hydrogen-bond acceptors (Lipinski definition) is 5. The van der Waals surface area contributed by atoms with Gasteiger partial charge < -0.3 is 15.1 Å². The van der Waals surface area contributed by atoms with Gasteiger partial charge in [0.25, 0.3) is 5.91 Å². The fourth-order valence-corrected chi connectivity index (χ4v) is 5.07. The van der Waals surface area contributed by atoms with Crippen LogP contribution in [0, 0.1) is 0 Å². The van der Waals surface area contributed by atoms with Crippen molar-refractivity contribution < 1.29 is 19.2 Å². The second kappa shape index (κ2) is 11.5. The van der Waals surface area contributed by atoms with Crippen LogP contribution in [0.5, 0.6) is 0 Å². The number of aromatic nitrogens is 1. The van der Waals surface area contributed by atoms with Gasteiger partial charge in [0, 0.05) is 37.5 Å². The molecule has 2 aliphatic rings.